The van der Waals surface area contributed by atoms with E-state index in [1.165, 1.54) is 4.90 Å². The van der Waals surface area contributed by atoms with Crippen LogP contribution in [0.1, 0.15) is 12.8 Å². The van der Waals surface area contributed by atoms with Gasteiger partial charge in [0.25, 0.3) is 0 Å². The number of likely N-dealkylation sites (N-methyl/N-ethyl adjacent to an activating group) is 1. The molecule has 0 aliphatic carbocycles. The van der Waals surface area contributed by atoms with E-state index >= 15 is 0 Å². The van der Waals surface area contributed by atoms with Crippen LogP contribution in [0.5, 0.6) is 0 Å². The molecule has 100 valence electrons. The highest BCUT2D eigenvalue weighted by Crippen LogP contribution is 2.09. The Kier molecular flexibility index (Phi) is 5.02. The minimum Gasteiger partial charge on any atom is -0.392 e. The summed E-state index contributed by atoms with van der Waals surface area (Å²) in [5.41, 5.74) is 5.20. The van der Waals surface area contributed by atoms with E-state index in [2.05, 4.69) is 22.9 Å². The van der Waals surface area contributed by atoms with Crippen LogP contribution in [0.2, 0.25) is 0 Å². The van der Waals surface area contributed by atoms with Gasteiger partial charge in [-0.05, 0) is 6.42 Å². The number of nitrogens with zero attached hydrogens (tertiary/aromatic N) is 1. The third-order valence-corrected chi connectivity index (χ3v) is 2.74. The lowest BCUT2D eigenvalue weighted by atomic mass is 10.1. The van der Waals surface area contributed by atoms with Gasteiger partial charge in [0, 0.05) is 26.1 Å². The zero-order chi connectivity index (χ0) is 13.7. The Bertz CT molecular complexity index is 385. The number of carbonyl (C=O) groups excluding carboxylic acids is 3. The Morgan fingerprint density at radius 2 is 2.17 bits per heavy atom. The first kappa shape index (κ1) is 14.4. The minimum absolute atomic E-state index is 0.00928. The van der Waals surface area contributed by atoms with Crippen LogP contribution in [0.15, 0.2) is 0 Å². The van der Waals surface area contributed by atoms with Crippen molar-refractivity contribution in [3.8, 4) is 0 Å². The normalized spacial score (nSPS) is 19.3. The summed E-state index contributed by atoms with van der Waals surface area (Å²) in [4.78, 5) is 35.7. The van der Waals surface area contributed by atoms with E-state index in [4.69, 9.17) is 5.73 Å². The van der Waals surface area contributed by atoms with Crippen molar-refractivity contribution in [3.63, 3.8) is 0 Å². The lowest BCUT2D eigenvalue weighted by Crippen LogP contribution is -2.52. The Morgan fingerprint density at radius 3 is 2.72 bits per heavy atom. The van der Waals surface area contributed by atoms with Crippen molar-refractivity contribution in [1.29, 1.82) is 0 Å². The van der Waals surface area contributed by atoms with Gasteiger partial charge in [0.05, 0.1) is 11.5 Å². The van der Waals surface area contributed by atoms with Gasteiger partial charge < -0.3 is 21.3 Å². The van der Waals surface area contributed by atoms with Crippen molar-refractivity contribution in [1.82, 2.24) is 15.5 Å². The highest BCUT2D eigenvalue weighted by Gasteiger charge is 2.25. The molecule has 1 unspecified atom stereocenters. The molecule has 0 radical (unpaired) electrons. The van der Waals surface area contributed by atoms with E-state index in [1.807, 2.05) is 0 Å². The molecule has 7 nitrogen and oxygen atoms in total. The van der Waals surface area contributed by atoms with Crippen molar-refractivity contribution < 1.29 is 14.4 Å². The van der Waals surface area contributed by atoms with E-state index in [9.17, 15) is 14.4 Å². The largest absolute Gasteiger partial charge is 0.392 e. The Morgan fingerprint density at radius 1 is 1.50 bits per heavy atom. The first-order chi connectivity index (χ1) is 8.40. The molecule has 0 aromatic rings. The van der Waals surface area contributed by atoms with E-state index in [0.29, 0.717) is 19.4 Å². The van der Waals surface area contributed by atoms with E-state index < -0.39 is 11.8 Å². The molecule has 0 spiro atoms. The van der Waals surface area contributed by atoms with Crippen LogP contribution in [0.3, 0.4) is 0 Å². The fraction of sp³-hybridized carbons (Fsp3) is 0.600. The predicted molar refractivity (Wildman–Crippen MR) is 68.6 cm³/mol. The minimum atomic E-state index is -0.776. The lowest BCUT2D eigenvalue weighted by molar-refractivity contribution is -0.140. The average Bonchev–Trinajstić information content (AvgIpc) is 2.30. The molecule has 0 bridgehead atoms. The molecular weight excluding hydrogens is 256 g/mol. The van der Waals surface area contributed by atoms with Gasteiger partial charge in [0.15, 0.2) is 0 Å². The number of amides is 3. The van der Waals surface area contributed by atoms with Gasteiger partial charge in [-0.25, -0.2) is 0 Å². The Balaban J connectivity index is 2.38. The molecule has 1 heterocycles. The maximum Gasteiger partial charge on any atom is 0.309 e. The van der Waals surface area contributed by atoms with Gasteiger partial charge in [-0.1, -0.05) is 12.2 Å². The number of hydrogen-bond donors (Lipinski definition) is 3. The number of rotatable bonds is 3. The van der Waals surface area contributed by atoms with Gasteiger partial charge in [0.2, 0.25) is 5.91 Å². The van der Waals surface area contributed by atoms with E-state index in [0.717, 1.165) is 0 Å². The fourth-order valence-electron chi connectivity index (χ4n) is 1.63. The monoisotopic (exact) mass is 272 g/mol. The summed E-state index contributed by atoms with van der Waals surface area (Å²) in [5, 5.41) is 4.86. The molecule has 8 heteroatoms. The van der Waals surface area contributed by atoms with Crippen LogP contribution < -0.4 is 16.4 Å². The third-order valence-electron chi connectivity index (χ3n) is 2.59. The van der Waals surface area contributed by atoms with Crippen molar-refractivity contribution in [3.05, 3.63) is 0 Å². The molecule has 4 N–H and O–H groups in total. The second-order valence-electron chi connectivity index (χ2n) is 4.13. The molecule has 3 amide bonds. The number of likely N-dealkylation sites (tertiary alicyclic amines) is 1. The summed E-state index contributed by atoms with van der Waals surface area (Å²) in [6.07, 6.45) is 0.910. The Hall–Kier alpha value is -1.70. The van der Waals surface area contributed by atoms with Gasteiger partial charge in [-0.2, -0.15) is 0 Å². The number of piperidine rings is 1. The van der Waals surface area contributed by atoms with Crippen LogP contribution in [-0.2, 0) is 14.4 Å². The highest BCUT2D eigenvalue weighted by atomic mass is 32.1. The maximum atomic E-state index is 11.5. The molecule has 0 aromatic heterocycles. The smallest absolute Gasteiger partial charge is 0.309 e. The molecule has 1 saturated heterocycles. The average molecular weight is 272 g/mol. The number of thiocarbonyl (C=S) groups is 1. The van der Waals surface area contributed by atoms with Crippen molar-refractivity contribution >= 4 is 34.9 Å². The first-order valence-corrected chi connectivity index (χ1v) is 5.92. The zero-order valence-corrected chi connectivity index (χ0v) is 10.9. The summed E-state index contributed by atoms with van der Waals surface area (Å²) >= 11 is 4.58. The number of nitrogens with one attached hydrogen (secondary N) is 2. The topological polar surface area (TPSA) is 105 Å². The van der Waals surface area contributed by atoms with Crippen LogP contribution in [0.25, 0.3) is 0 Å². The van der Waals surface area contributed by atoms with Crippen LogP contribution in [-0.4, -0.2) is 53.8 Å². The zero-order valence-electron chi connectivity index (χ0n) is 10.1. The number of nitrogens with two attached hydrogens (primary N) is 1. The second kappa shape index (κ2) is 6.29. The lowest BCUT2D eigenvalue weighted by Gasteiger charge is -2.29. The van der Waals surface area contributed by atoms with E-state index in [-0.39, 0.29) is 23.5 Å². The molecule has 18 heavy (non-hydrogen) atoms. The second-order valence-corrected chi connectivity index (χ2v) is 4.66. The molecule has 0 saturated carbocycles. The summed E-state index contributed by atoms with van der Waals surface area (Å²) in [6, 6.07) is -0.198. The van der Waals surface area contributed by atoms with Crippen LogP contribution in [0, 0.1) is 0 Å². The fourth-order valence-corrected chi connectivity index (χ4v) is 1.70. The molecule has 1 rings (SSSR count). The maximum absolute atomic E-state index is 11.5. The van der Waals surface area contributed by atoms with Crippen LogP contribution >= 0.6 is 12.2 Å². The standard InChI is InChI=1S/C10H16N4O3S/c1-14-5-6(2-3-8(14)15)13-10(17)9(16)12-4-7(11)18/h6H,2-5H2,1H3,(H2,11,18)(H,12,16)(H,13,17). The summed E-state index contributed by atoms with van der Waals surface area (Å²) in [5.74, 6) is -1.47. The number of carbonyl (C=O) groups is 3. The van der Waals surface area contributed by atoms with Crippen molar-refractivity contribution in [2.24, 2.45) is 5.73 Å². The molecule has 1 fully saturated rings. The summed E-state index contributed by atoms with van der Waals surface area (Å²) < 4.78 is 0. The Labute approximate surface area is 110 Å². The highest BCUT2D eigenvalue weighted by molar-refractivity contribution is 7.80. The quantitative estimate of drug-likeness (QED) is 0.412. The van der Waals surface area contributed by atoms with E-state index in [1.54, 1.807) is 7.05 Å². The predicted octanol–water partition coefficient (Wildman–Crippen LogP) is -1.87. The first-order valence-electron chi connectivity index (χ1n) is 5.51. The third kappa shape index (κ3) is 4.28. The SMILES string of the molecule is CN1CC(NC(=O)C(=O)NCC(N)=S)CCC1=O. The molecular formula is C10H16N4O3S. The van der Waals surface area contributed by atoms with Gasteiger partial charge >= 0.3 is 11.8 Å². The van der Waals surface area contributed by atoms with Crippen molar-refractivity contribution in [2.45, 2.75) is 18.9 Å². The van der Waals surface area contributed by atoms with Crippen molar-refractivity contribution in [2.75, 3.05) is 20.1 Å². The summed E-state index contributed by atoms with van der Waals surface area (Å²) in [6.45, 7) is 0.401. The molecule has 1 atom stereocenters. The molecule has 1 aliphatic rings. The molecule has 1 aliphatic heterocycles. The van der Waals surface area contributed by atoms with Gasteiger partial charge in [0.1, 0.15) is 0 Å². The number of hydrogen-bond acceptors (Lipinski definition) is 4. The summed E-state index contributed by atoms with van der Waals surface area (Å²) in [7, 11) is 1.66. The van der Waals surface area contributed by atoms with Gasteiger partial charge in [-0.15, -0.1) is 0 Å². The van der Waals surface area contributed by atoms with Crippen LogP contribution in [0.4, 0.5) is 0 Å². The van der Waals surface area contributed by atoms with Gasteiger partial charge in [-0.3, -0.25) is 14.4 Å². The molecule has 0 aromatic carbocycles.